The third kappa shape index (κ3) is 13.6. The fourth-order valence-corrected chi connectivity index (χ4v) is 10.8. The van der Waals surface area contributed by atoms with Crippen LogP contribution in [0.5, 0.6) is 0 Å². The van der Waals surface area contributed by atoms with Gasteiger partial charge >= 0.3 is 5.97 Å². The number of carbonyl (C=O) groups excluding carboxylic acids is 1. The standard InChI is InChI=1S/C50H84FN5O12/c1-14-39-50(10,62)43(58)33(6)55(12)27-29(2)25-48(8,61)45(31(4)42(32(5)46(60)66-39)67-40-26-49(9,63-13)44(59)34(7)65-40)68-47-41(57)38(24-30(3)64-47)54(11)22-15-16-37-28-56(53-52-37)23-21-35-17-19-36(51)20-18-35/h17-20,28-34,38-45,47,57-59,61-62H,14-16,21-27H2,1-13H3/t29-,30-,31+,32-,33-,34+,38+,39-,40+,41-,42+,43-,44+,45-,47+,48-,49-,50-/m1/s1. The minimum atomic E-state index is -1.83. The highest BCUT2D eigenvalue weighted by molar-refractivity contribution is 5.73. The van der Waals surface area contributed by atoms with Crippen molar-refractivity contribution >= 4 is 5.97 Å². The number of rotatable bonds is 14. The van der Waals surface area contributed by atoms with E-state index in [9.17, 15) is 34.7 Å². The summed E-state index contributed by atoms with van der Waals surface area (Å²) in [5.41, 5.74) is -2.66. The number of esters is 1. The summed E-state index contributed by atoms with van der Waals surface area (Å²) < 4.78 is 53.4. The molecule has 0 amide bonds. The van der Waals surface area contributed by atoms with Gasteiger partial charge in [0.25, 0.3) is 0 Å². The topological polar surface area (TPSA) is 211 Å². The molecule has 3 fully saturated rings. The molecule has 1 aromatic carbocycles. The van der Waals surface area contributed by atoms with E-state index in [2.05, 4.69) is 15.2 Å². The highest BCUT2D eigenvalue weighted by Crippen LogP contribution is 2.40. The fourth-order valence-electron chi connectivity index (χ4n) is 10.8. The molecule has 3 aliphatic heterocycles. The number of hydrogen-bond acceptors (Lipinski definition) is 16. The van der Waals surface area contributed by atoms with Gasteiger partial charge in [-0.05, 0) is 131 Å². The molecule has 18 heteroatoms. The lowest BCUT2D eigenvalue weighted by Gasteiger charge is -2.49. The van der Waals surface area contributed by atoms with Crippen LogP contribution >= 0.6 is 0 Å². The zero-order valence-electron chi connectivity index (χ0n) is 42.8. The monoisotopic (exact) mass is 966 g/mol. The van der Waals surface area contributed by atoms with Crippen molar-refractivity contribution in [2.24, 2.45) is 17.8 Å². The first-order valence-electron chi connectivity index (χ1n) is 24.7. The first-order valence-corrected chi connectivity index (χ1v) is 24.7. The molecular weight excluding hydrogens is 882 g/mol. The van der Waals surface area contributed by atoms with Gasteiger partial charge in [0.15, 0.2) is 12.6 Å². The van der Waals surface area contributed by atoms with Crippen LogP contribution in [-0.4, -0.2) is 181 Å². The van der Waals surface area contributed by atoms with Crippen LogP contribution in [-0.2, 0) is 52.6 Å². The molecule has 3 aliphatic rings. The van der Waals surface area contributed by atoms with Gasteiger partial charge in [0, 0.05) is 50.8 Å². The molecular formula is C50H84FN5O12. The Kier molecular flexibility index (Phi) is 19.6. The molecule has 1 aromatic heterocycles. The van der Waals surface area contributed by atoms with Crippen LogP contribution in [0, 0.1) is 23.6 Å². The Bertz CT molecular complexity index is 1880. The highest BCUT2D eigenvalue weighted by atomic mass is 19.1. The van der Waals surface area contributed by atoms with E-state index in [0.29, 0.717) is 38.9 Å². The van der Waals surface area contributed by atoms with Crippen molar-refractivity contribution in [2.45, 2.75) is 211 Å². The number of methoxy groups -OCH3 is 1. The first-order chi connectivity index (χ1) is 31.8. The number of cyclic esters (lactones) is 1. The van der Waals surface area contributed by atoms with Crippen molar-refractivity contribution in [3.8, 4) is 0 Å². The van der Waals surface area contributed by atoms with Crippen molar-refractivity contribution < 1.29 is 63.1 Å². The largest absolute Gasteiger partial charge is 0.459 e. The Labute approximate surface area is 403 Å². The quantitative estimate of drug-likeness (QED) is 0.170. The number of aliphatic hydroxyl groups excluding tert-OH is 3. The molecule has 0 spiro atoms. The zero-order chi connectivity index (χ0) is 50.5. The highest BCUT2D eigenvalue weighted by Gasteiger charge is 2.53. The number of nitrogens with zero attached hydrogens (tertiary/aromatic N) is 5. The van der Waals surface area contributed by atoms with Crippen molar-refractivity contribution in [3.63, 3.8) is 0 Å². The summed E-state index contributed by atoms with van der Waals surface area (Å²) in [5.74, 6) is -3.02. The molecule has 4 heterocycles. The van der Waals surface area contributed by atoms with E-state index in [1.807, 2.05) is 46.0 Å². The lowest BCUT2D eigenvalue weighted by atomic mass is 9.77. The third-order valence-corrected chi connectivity index (χ3v) is 15.2. The van der Waals surface area contributed by atoms with E-state index in [4.69, 9.17) is 28.4 Å². The normalized spacial score (nSPS) is 40.7. The van der Waals surface area contributed by atoms with Gasteiger partial charge in [0.1, 0.15) is 35.8 Å². The number of aromatic nitrogens is 3. The van der Waals surface area contributed by atoms with Crippen molar-refractivity contribution in [2.75, 3.05) is 34.3 Å². The molecule has 68 heavy (non-hydrogen) atoms. The second-order valence-corrected chi connectivity index (χ2v) is 21.1. The van der Waals surface area contributed by atoms with E-state index in [1.54, 1.807) is 58.4 Å². The molecule has 17 nitrogen and oxygen atoms in total. The number of carbonyl (C=O) groups is 1. The molecule has 0 bridgehead atoms. The van der Waals surface area contributed by atoms with Crippen LogP contribution in [0.15, 0.2) is 30.5 Å². The minimum Gasteiger partial charge on any atom is -0.459 e. The molecule has 0 unspecified atom stereocenters. The number of aryl methyl sites for hydroxylation is 3. The predicted octanol–water partition coefficient (Wildman–Crippen LogP) is 3.88. The number of hydrogen-bond donors (Lipinski definition) is 5. The summed E-state index contributed by atoms with van der Waals surface area (Å²) >= 11 is 0. The maximum absolute atomic E-state index is 14.4. The summed E-state index contributed by atoms with van der Waals surface area (Å²) in [5, 5.41) is 68.2. The van der Waals surface area contributed by atoms with Crippen molar-refractivity contribution in [3.05, 3.63) is 47.5 Å². The molecule has 0 saturated carbocycles. The van der Waals surface area contributed by atoms with Crippen LogP contribution in [0.1, 0.15) is 113 Å². The predicted molar refractivity (Wildman–Crippen MR) is 252 cm³/mol. The Morgan fingerprint density at radius 3 is 2.28 bits per heavy atom. The number of ether oxygens (including phenoxy) is 6. The van der Waals surface area contributed by atoms with E-state index >= 15 is 0 Å². The van der Waals surface area contributed by atoms with Gasteiger partial charge in [-0.1, -0.05) is 38.1 Å². The fraction of sp³-hybridized carbons (Fsp3) is 0.820. The summed E-state index contributed by atoms with van der Waals surface area (Å²) in [6, 6.07) is 5.48. The Hall–Kier alpha value is -2.72. The van der Waals surface area contributed by atoms with Crippen LogP contribution in [0.25, 0.3) is 0 Å². The van der Waals surface area contributed by atoms with Gasteiger partial charge in [-0.15, -0.1) is 5.10 Å². The van der Waals surface area contributed by atoms with Gasteiger partial charge in [-0.2, -0.15) is 0 Å². The maximum Gasteiger partial charge on any atom is 0.311 e. The van der Waals surface area contributed by atoms with E-state index in [-0.39, 0.29) is 43.1 Å². The van der Waals surface area contributed by atoms with Gasteiger partial charge < -0.3 is 63.8 Å². The molecule has 18 atom stereocenters. The lowest BCUT2D eigenvalue weighted by Crippen LogP contribution is -2.60. The van der Waals surface area contributed by atoms with Crippen molar-refractivity contribution in [1.82, 2.24) is 24.8 Å². The Morgan fingerprint density at radius 1 is 0.956 bits per heavy atom. The van der Waals surface area contributed by atoms with Gasteiger partial charge in [-0.3, -0.25) is 9.48 Å². The van der Waals surface area contributed by atoms with Crippen LogP contribution in [0.3, 0.4) is 0 Å². The SMILES string of the molecule is CC[C@H]1OC(=O)[C@H](C)[C@@H](O[C@H]2C[C@@](C)(OC)[C@@H](O)[C@H](C)O2)[C@H](C)[C@@H](O[C@@H]2O[C@H](C)C[C@H](N(C)CCCc3cn(CCc4ccc(F)cc4)nn3)[C@H]2O)[C@](C)(O)C[C@@H](C)CN(C)[C@H](C)[C@@H](O)[C@]1(C)O. The molecule has 3 saturated heterocycles. The van der Waals surface area contributed by atoms with E-state index < -0.39 is 96.0 Å². The molecule has 0 aliphatic carbocycles. The van der Waals surface area contributed by atoms with Gasteiger partial charge in [0.2, 0.25) is 0 Å². The molecule has 2 aromatic rings. The third-order valence-electron chi connectivity index (χ3n) is 15.2. The summed E-state index contributed by atoms with van der Waals surface area (Å²) in [7, 11) is 5.30. The number of aliphatic hydroxyl groups is 5. The molecule has 0 radical (unpaired) electrons. The van der Waals surface area contributed by atoms with Crippen molar-refractivity contribution in [1.29, 1.82) is 0 Å². The average molecular weight is 966 g/mol. The smallest absolute Gasteiger partial charge is 0.311 e. The summed E-state index contributed by atoms with van der Waals surface area (Å²) in [4.78, 5) is 18.5. The number of halogens is 1. The zero-order valence-corrected chi connectivity index (χ0v) is 42.8. The van der Waals surface area contributed by atoms with E-state index in [0.717, 1.165) is 17.7 Å². The second-order valence-electron chi connectivity index (χ2n) is 21.1. The second kappa shape index (κ2) is 23.7. The first kappa shape index (κ1) is 56.2. The average Bonchev–Trinajstić information content (AvgIpc) is 3.74. The van der Waals surface area contributed by atoms with Crippen LogP contribution < -0.4 is 0 Å². The number of likely N-dealkylation sites (N-methyl/N-ethyl adjacent to an activating group) is 2. The minimum absolute atomic E-state index is 0.105. The van der Waals surface area contributed by atoms with Gasteiger partial charge in [-0.25, -0.2) is 4.39 Å². The van der Waals surface area contributed by atoms with E-state index in [1.165, 1.54) is 26.2 Å². The number of benzene rings is 1. The lowest BCUT2D eigenvalue weighted by molar-refractivity contribution is -0.318. The molecule has 5 rings (SSSR count). The summed E-state index contributed by atoms with van der Waals surface area (Å²) in [6.07, 6.45) is -4.90. The molecule has 388 valence electrons. The Balaban J connectivity index is 1.41. The van der Waals surface area contributed by atoms with Crippen LogP contribution in [0.4, 0.5) is 4.39 Å². The molecule has 5 N–H and O–H groups in total. The summed E-state index contributed by atoms with van der Waals surface area (Å²) in [6.45, 7) is 19.2. The maximum atomic E-state index is 14.4. The van der Waals surface area contributed by atoms with Gasteiger partial charge in [0.05, 0.1) is 47.2 Å². The van der Waals surface area contributed by atoms with Crippen LogP contribution in [0.2, 0.25) is 0 Å². The Morgan fingerprint density at radius 2 is 1.63 bits per heavy atom.